The summed E-state index contributed by atoms with van der Waals surface area (Å²) < 4.78 is 0. The van der Waals surface area contributed by atoms with E-state index in [0.29, 0.717) is 5.69 Å². The fraction of sp³-hybridized carbons (Fsp3) is 0.333. The molecule has 0 amide bonds. The predicted octanol–water partition coefficient (Wildman–Crippen LogP) is -0.211. The van der Waals surface area contributed by atoms with E-state index in [1.807, 2.05) is 0 Å². The Morgan fingerprint density at radius 2 is 2.36 bits per heavy atom. The Morgan fingerprint density at radius 3 is 2.93 bits per heavy atom. The van der Waals surface area contributed by atoms with Gasteiger partial charge in [0.15, 0.2) is 0 Å². The molecule has 5 heteroatoms. The molecule has 1 unspecified atom stereocenters. The molecule has 1 heterocycles. The fourth-order valence-electron chi connectivity index (χ4n) is 0.993. The number of hydrogen-bond acceptors (Lipinski definition) is 4. The van der Waals surface area contributed by atoms with Gasteiger partial charge in [0.25, 0.3) is 0 Å². The first-order valence-corrected chi connectivity index (χ1v) is 4.21. The summed E-state index contributed by atoms with van der Waals surface area (Å²) in [5.74, 6) is -0.946. The summed E-state index contributed by atoms with van der Waals surface area (Å²) in [4.78, 5) is 14.1. The van der Waals surface area contributed by atoms with Crippen molar-refractivity contribution in [3.8, 4) is 0 Å². The van der Waals surface area contributed by atoms with Crippen molar-refractivity contribution in [1.29, 1.82) is 0 Å². The highest BCUT2D eigenvalue weighted by molar-refractivity contribution is 5.68. The summed E-state index contributed by atoms with van der Waals surface area (Å²) in [6.07, 6.45) is 0.811. The fourth-order valence-corrected chi connectivity index (χ4v) is 0.993. The molecule has 1 atom stereocenters. The summed E-state index contributed by atoms with van der Waals surface area (Å²) in [5, 5.41) is 20.4. The van der Waals surface area contributed by atoms with Crippen LogP contribution in [0, 0.1) is 0 Å². The van der Waals surface area contributed by atoms with Crippen LogP contribution in [0.25, 0.3) is 0 Å². The number of carboxylic acids is 1. The second kappa shape index (κ2) is 5.31. The van der Waals surface area contributed by atoms with Crippen LogP contribution in [0.15, 0.2) is 24.4 Å². The van der Waals surface area contributed by atoms with Gasteiger partial charge in [-0.05, 0) is 12.1 Å². The summed E-state index contributed by atoms with van der Waals surface area (Å²) >= 11 is 0. The molecule has 0 aliphatic carbocycles. The monoisotopic (exact) mass is 196 g/mol. The molecule has 14 heavy (non-hydrogen) atoms. The Kier molecular flexibility index (Phi) is 4.03. The van der Waals surface area contributed by atoms with Crippen LogP contribution in [-0.2, 0) is 4.79 Å². The summed E-state index contributed by atoms with van der Waals surface area (Å²) in [7, 11) is 0. The van der Waals surface area contributed by atoms with Crippen LogP contribution in [-0.4, -0.2) is 34.3 Å². The molecule has 3 N–H and O–H groups in total. The molecule has 1 aromatic heterocycles. The highest BCUT2D eigenvalue weighted by Gasteiger charge is 2.07. The summed E-state index contributed by atoms with van der Waals surface area (Å²) in [6, 6.07) is 5.21. The lowest BCUT2D eigenvalue weighted by molar-refractivity contribution is -0.136. The number of hydrogen-bond donors (Lipinski definition) is 3. The SMILES string of the molecule is O=C(O)CNCC(O)c1ccccn1. The van der Waals surface area contributed by atoms with Crippen molar-refractivity contribution in [2.75, 3.05) is 13.1 Å². The number of aliphatic hydroxyl groups excluding tert-OH is 1. The minimum absolute atomic E-state index is 0.163. The minimum Gasteiger partial charge on any atom is -0.480 e. The lowest BCUT2D eigenvalue weighted by Gasteiger charge is -2.09. The Hall–Kier alpha value is -1.46. The molecule has 1 aromatic rings. The number of aliphatic carboxylic acids is 1. The standard InChI is InChI=1S/C9H12N2O3/c12-8(5-10-6-9(13)14)7-3-1-2-4-11-7/h1-4,8,10,12H,5-6H2,(H,13,14). The Morgan fingerprint density at radius 1 is 1.57 bits per heavy atom. The topological polar surface area (TPSA) is 82.5 Å². The van der Waals surface area contributed by atoms with Gasteiger partial charge in [-0.2, -0.15) is 0 Å². The van der Waals surface area contributed by atoms with Gasteiger partial charge in [0.1, 0.15) is 6.10 Å². The Labute approximate surface area is 81.4 Å². The zero-order chi connectivity index (χ0) is 10.4. The molecule has 1 rings (SSSR count). The lowest BCUT2D eigenvalue weighted by Crippen LogP contribution is -2.27. The molecule has 0 aliphatic heterocycles. The number of rotatable bonds is 5. The van der Waals surface area contributed by atoms with E-state index in [1.54, 1.807) is 24.4 Å². The van der Waals surface area contributed by atoms with Gasteiger partial charge in [0.2, 0.25) is 0 Å². The Balaban J connectivity index is 2.36. The number of aromatic nitrogens is 1. The van der Waals surface area contributed by atoms with Gasteiger partial charge in [0, 0.05) is 12.7 Å². The smallest absolute Gasteiger partial charge is 0.317 e. The van der Waals surface area contributed by atoms with Crippen LogP contribution in [0.2, 0.25) is 0 Å². The van der Waals surface area contributed by atoms with Crippen molar-refractivity contribution >= 4 is 5.97 Å². The summed E-state index contributed by atoms with van der Waals surface area (Å²) in [6.45, 7) is 0.0210. The van der Waals surface area contributed by atoms with E-state index in [9.17, 15) is 9.90 Å². The molecule has 0 spiro atoms. The number of carboxylic acid groups (broad SMARTS) is 1. The third-order valence-electron chi connectivity index (χ3n) is 1.64. The van der Waals surface area contributed by atoms with Crippen LogP contribution in [0.1, 0.15) is 11.8 Å². The van der Waals surface area contributed by atoms with Gasteiger partial charge < -0.3 is 15.5 Å². The predicted molar refractivity (Wildman–Crippen MR) is 49.7 cm³/mol. The lowest BCUT2D eigenvalue weighted by atomic mass is 10.2. The number of aliphatic hydroxyl groups is 1. The molecule has 0 fully saturated rings. The quantitative estimate of drug-likeness (QED) is 0.607. The van der Waals surface area contributed by atoms with Gasteiger partial charge in [0.05, 0.1) is 12.2 Å². The average Bonchev–Trinajstić information content (AvgIpc) is 2.18. The van der Waals surface area contributed by atoms with Crippen molar-refractivity contribution in [3.05, 3.63) is 30.1 Å². The highest BCUT2D eigenvalue weighted by atomic mass is 16.4. The maximum Gasteiger partial charge on any atom is 0.317 e. The largest absolute Gasteiger partial charge is 0.480 e. The van der Waals surface area contributed by atoms with E-state index >= 15 is 0 Å². The van der Waals surface area contributed by atoms with Gasteiger partial charge in [-0.3, -0.25) is 9.78 Å². The zero-order valence-corrected chi connectivity index (χ0v) is 7.55. The molecule has 0 saturated heterocycles. The van der Waals surface area contributed by atoms with E-state index in [-0.39, 0.29) is 13.1 Å². The van der Waals surface area contributed by atoms with Crippen LogP contribution in [0.4, 0.5) is 0 Å². The third kappa shape index (κ3) is 3.51. The first-order valence-electron chi connectivity index (χ1n) is 4.21. The molecule has 0 aliphatic rings. The van der Waals surface area contributed by atoms with Crippen molar-refractivity contribution < 1.29 is 15.0 Å². The van der Waals surface area contributed by atoms with Gasteiger partial charge in [-0.15, -0.1) is 0 Å². The number of pyridine rings is 1. The normalized spacial score (nSPS) is 12.4. The number of nitrogens with zero attached hydrogens (tertiary/aromatic N) is 1. The maximum atomic E-state index is 10.2. The molecule has 5 nitrogen and oxygen atoms in total. The van der Waals surface area contributed by atoms with E-state index in [0.717, 1.165) is 0 Å². The first kappa shape index (κ1) is 10.6. The molecular formula is C9H12N2O3. The second-order valence-corrected chi connectivity index (χ2v) is 2.80. The average molecular weight is 196 g/mol. The van der Waals surface area contributed by atoms with E-state index in [1.165, 1.54) is 0 Å². The number of carbonyl (C=O) groups is 1. The van der Waals surface area contributed by atoms with Crippen molar-refractivity contribution in [2.24, 2.45) is 0 Å². The zero-order valence-electron chi connectivity index (χ0n) is 7.55. The van der Waals surface area contributed by atoms with Crippen LogP contribution < -0.4 is 5.32 Å². The van der Waals surface area contributed by atoms with Crippen LogP contribution in [0.3, 0.4) is 0 Å². The van der Waals surface area contributed by atoms with Crippen molar-refractivity contribution in [3.63, 3.8) is 0 Å². The van der Waals surface area contributed by atoms with Crippen molar-refractivity contribution in [2.45, 2.75) is 6.10 Å². The van der Waals surface area contributed by atoms with E-state index in [4.69, 9.17) is 5.11 Å². The third-order valence-corrected chi connectivity index (χ3v) is 1.64. The molecular weight excluding hydrogens is 184 g/mol. The summed E-state index contributed by atoms with van der Waals surface area (Å²) in [5.41, 5.74) is 0.533. The highest BCUT2D eigenvalue weighted by Crippen LogP contribution is 2.06. The van der Waals surface area contributed by atoms with Crippen LogP contribution in [0.5, 0.6) is 0 Å². The molecule has 76 valence electrons. The van der Waals surface area contributed by atoms with Crippen molar-refractivity contribution in [1.82, 2.24) is 10.3 Å². The van der Waals surface area contributed by atoms with Gasteiger partial charge >= 0.3 is 5.97 Å². The molecule has 0 radical (unpaired) electrons. The Bertz CT molecular complexity index is 289. The second-order valence-electron chi connectivity index (χ2n) is 2.80. The number of nitrogens with one attached hydrogen (secondary N) is 1. The minimum atomic E-state index is -0.946. The van der Waals surface area contributed by atoms with E-state index in [2.05, 4.69) is 10.3 Å². The molecule has 0 aromatic carbocycles. The van der Waals surface area contributed by atoms with Gasteiger partial charge in [-0.25, -0.2) is 0 Å². The first-order chi connectivity index (χ1) is 6.70. The molecule has 0 bridgehead atoms. The maximum absolute atomic E-state index is 10.2. The van der Waals surface area contributed by atoms with Gasteiger partial charge in [-0.1, -0.05) is 6.07 Å². The van der Waals surface area contributed by atoms with Crippen LogP contribution >= 0.6 is 0 Å². The van der Waals surface area contributed by atoms with E-state index < -0.39 is 12.1 Å². The molecule has 0 saturated carbocycles.